The summed E-state index contributed by atoms with van der Waals surface area (Å²) in [6.45, 7) is 2.76. The van der Waals surface area contributed by atoms with E-state index in [-0.39, 0.29) is 6.04 Å². The van der Waals surface area contributed by atoms with Crippen LogP contribution in [0.3, 0.4) is 0 Å². The normalized spacial score (nSPS) is 12.2. The summed E-state index contributed by atoms with van der Waals surface area (Å²) in [5.74, 6) is 6.53. The van der Waals surface area contributed by atoms with Gasteiger partial charge in [0.15, 0.2) is 0 Å². The third-order valence-electron chi connectivity index (χ3n) is 2.98. The van der Waals surface area contributed by atoms with Crippen molar-refractivity contribution in [2.45, 2.75) is 19.4 Å². The maximum absolute atomic E-state index is 5.77. The maximum Gasteiger partial charge on any atom is 0.137 e. The smallest absolute Gasteiger partial charge is 0.137 e. The van der Waals surface area contributed by atoms with Crippen LogP contribution < -0.4 is 16.0 Å². The van der Waals surface area contributed by atoms with Gasteiger partial charge in [-0.2, -0.15) is 0 Å². The maximum atomic E-state index is 5.77. The second kappa shape index (κ2) is 8.07. The van der Waals surface area contributed by atoms with E-state index in [1.54, 1.807) is 12.4 Å². The zero-order valence-electron chi connectivity index (χ0n) is 11.6. The summed E-state index contributed by atoms with van der Waals surface area (Å²) in [6.07, 6.45) is 4.49. The minimum absolute atomic E-state index is 0.132. The van der Waals surface area contributed by atoms with E-state index in [1.807, 2.05) is 12.1 Å². The van der Waals surface area contributed by atoms with Crippen LogP contribution in [0, 0.1) is 3.57 Å². The Balaban J connectivity index is 2.34. The molecule has 112 valence electrons. The molecule has 1 aromatic heterocycles. The van der Waals surface area contributed by atoms with Gasteiger partial charge in [0.25, 0.3) is 0 Å². The summed E-state index contributed by atoms with van der Waals surface area (Å²) in [4.78, 5) is 4.25. The molecular weight excluding hydrogens is 445 g/mol. The molecule has 0 aliphatic rings. The van der Waals surface area contributed by atoms with Crippen LogP contribution in [0.5, 0.6) is 5.75 Å². The number of benzene rings is 1. The molecule has 0 saturated heterocycles. The number of pyridine rings is 1. The van der Waals surface area contributed by atoms with Crippen molar-refractivity contribution < 1.29 is 4.74 Å². The molecule has 0 spiro atoms. The molecule has 6 heteroatoms. The lowest BCUT2D eigenvalue weighted by Gasteiger charge is -2.19. The molecule has 2 aromatic rings. The van der Waals surface area contributed by atoms with Gasteiger partial charge in [-0.05, 0) is 64.4 Å². The average molecular weight is 462 g/mol. The van der Waals surface area contributed by atoms with E-state index in [0.717, 1.165) is 31.3 Å². The molecule has 0 radical (unpaired) electrons. The Labute approximate surface area is 146 Å². The lowest BCUT2D eigenvalue weighted by atomic mass is 10.0. The fraction of sp³-hybridized carbons (Fsp3) is 0.267. The fourth-order valence-electron chi connectivity index (χ4n) is 1.99. The number of ether oxygens (including phenoxy) is 1. The number of rotatable bonds is 6. The minimum Gasteiger partial charge on any atom is -0.492 e. The van der Waals surface area contributed by atoms with Crippen LogP contribution in [0.1, 0.15) is 30.5 Å². The summed E-state index contributed by atoms with van der Waals surface area (Å²) < 4.78 is 7.79. The van der Waals surface area contributed by atoms with Gasteiger partial charge < -0.3 is 4.74 Å². The first-order valence-electron chi connectivity index (χ1n) is 6.64. The summed E-state index contributed by atoms with van der Waals surface area (Å²) >= 11 is 5.81. The first kappa shape index (κ1) is 16.7. The number of hydrogen-bond donors (Lipinski definition) is 2. The van der Waals surface area contributed by atoms with Crippen molar-refractivity contribution in [1.82, 2.24) is 10.4 Å². The summed E-state index contributed by atoms with van der Waals surface area (Å²) in [5, 5.41) is 0. The second-order valence-corrected chi connectivity index (χ2v) is 6.65. The van der Waals surface area contributed by atoms with Gasteiger partial charge >= 0.3 is 0 Å². The molecule has 4 nitrogen and oxygen atoms in total. The van der Waals surface area contributed by atoms with Gasteiger partial charge in [0, 0.05) is 14.2 Å². The lowest BCUT2D eigenvalue weighted by molar-refractivity contribution is 0.315. The summed E-state index contributed by atoms with van der Waals surface area (Å²) in [7, 11) is 0. The van der Waals surface area contributed by atoms with Crippen molar-refractivity contribution in [3.63, 3.8) is 0 Å². The van der Waals surface area contributed by atoms with Gasteiger partial charge in [-0.1, -0.05) is 22.9 Å². The molecule has 1 heterocycles. The summed E-state index contributed by atoms with van der Waals surface area (Å²) in [5.41, 5.74) is 4.94. The van der Waals surface area contributed by atoms with E-state index in [1.165, 1.54) is 0 Å². The van der Waals surface area contributed by atoms with Gasteiger partial charge in [-0.25, -0.2) is 5.43 Å². The van der Waals surface area contributed by atoms with Crippen LogP contribution in [0.2, 0.25) is 0 Å². The van der Waals surface area contributed by atoms with E-state index >= 15 is 0 Å². The fourth-order valence-corrected chi connectivity index (χ4v) is 3.02. The largest absolute Gasteiger partial charge is 0.492 e. The Kier molecular flexibility index (Phi) is 6.40. The molecule has 1 atom stereocenters. The highest BCUT2D eigenvalue weighted by Gasteiger charge is 2.17. The van der Waals surface area contributed by atoms with E-state index in [2.05, 4.69) is 68.0 Å². The van der Waals surface area contributed by atoms with Crippen molar-refractivity contribution in [3.05, 3.63) is 55.8 Å². The zero-order valence-corrected chi connectivity index (χ0v) is 15.4. The molecule has 21 heavy (non-hydrogen) atoms. The van der Waals surface area contributed by atoms with Gasteiger partial charge in [0.05, 0.1) is 18.8 Å². The van der Waals surface area contributed by atoms with Gasteiger partial charge in [-0.3, -0.25) is 10.8 Å². The van der Waals surface area contributed by atoms with Crippen LogP contribution in [-0.2, 0) is 0 Å². The number of nitrogens with two attached hydrogens (primary N) is 1. The third-order valence-corrected chi connectivity index (χ3v) is 4.45. The van der Waals surface area contributed by atoms with Crippen LogP contribution in [0.15, 0.2) is 41.1 Å². The molecule has 0 aliphatic heterocycles. The number of halogens is 2. The number of hydrogen-bond acceptors (Lipinski definition) is 4. The van der Waals surface area contributed by atoms with Crippen molar-refractivity contribution in [2.24, 2.45) is 5.84 Å². The molecule has 1 aromatic carbocycles. The Morgan fingerprint density at radius 3 is 2.90 bits per heavy atom. The van der Waals surface area contributed by atoms with Crippen LogP contribution in [0.4, 0.5) is 0 Å². The third kappa shape index (κ3) is 4.38. The molecule has 0 amide bonds. The standard InChI is InChI=1S/C15H17BrIN3O/c1-2-5-21-12-6-10(8-19-9-12)15(20-18)13-7-11(16)3-4-14(13)17/h3-4,6-9,15,20H,2,5,18H2,1H3. The van der Waals surface area contributed by atoms with Crippen molar-refractivity contribution in [2.75, 3.05) is 6.61 Å². The molecule has 0 saturated carbocycles. The Morgan fingerprint density at radius 2 is 2.19 bits per heavy atom. The van der Waals surface area contributed by atoms with Crippen LogP contribution in [0.25, 0.3) is 0 Å². The SMILES string of the molecule is CCCOc1cncc(C(NN)c2cc(Br)ccc2I)c1. The van der Waals surface area contributed by atoms with Gasteiger partial charge in [0.2, 0.25) is 0 Å². The molecule has 3 N–H and O–H groups in total. The zero-order chi connectivity index (χ0) is 15.2. The quantitative estimate of drug-likeness (QED) is 0.390. The highest BCUT2D eigenvalue weighted by molar-refractivity contribution is 14.1. The molecule has 2 rings (SSSR count). The van der Waals surface area contributed by atoms with E-state index in [0.29, 0.717) is 6.61 Å². The lowest BCUT2D eigenvalue weighted by Crippen LogP contribution is -2.29. The molecule has 0 aliphatic carbocycles. The van der Waals surface area contributed by atoms with Crippen molar-refractivity contribution in [3.8, 4) is 5.75 Å². The van der Waals surface area contributed by atoms with Gasteiger partial charge in [0.1, 0.15) is 5.75 Å². The Morgan fingerprint density at radius 1 is 1.38 bits per heavy atom. The van der Waals surface area contributed by atoms with E-state index < -0.39 is 0 Å². The van der Waals surface area contributed by atoms with E-state index in [4.69, 9.17) is 10.6 Å². The topological polar surface area (TPSA) is 60.2 Å². The van der Waals surface area contributed by atoms with Crippen molar-refractivity contribution >= 4 is 38.5 Å². The predicted octanol–water partition coefficient (Wildman–Crippen LogP) is 3.79. The van der Waals surface area contributed by atoms with E-state index in [9.17, 15) is 0 Å². The Bertz CT molecular complexity index is 609. The van der Waals surface area contributed by atoms with Crippen LogP contribution >= 0.6 is 38.5 Å². The molecule has 0 fully saturated rings. The number of aromatic nitrogens is 1. The summed E-state index contributed by atoms with van der Waals surface area (Å²) in [6, 6.07) is 7.97. The van der Waals surface area contributed by atoms with Gasteiger partial charge in [-0.15, -0.1) is 0 Å². The number of nitrogens with one attached hydrogen (secondary N) is 1. The molecular formula is C15H17BrIN3O. The second-order valence-electron chi connectivity index (χ2n) is 4.57. The monoisotopic (exact) mass is 461 g/mol. The minimum atomic E-state index is -0.132. The predicted molar refractivity (Wildman–Crippen MR) is 96.0 cm³/mol. The Hall–Kier alpha value is -0.700. The van der Waals surface area contributed by atoms with Crippen LogP contribution in [-0.4, -0.2) is 11.6 Å². The molecule has 1 unspecified atom stereocenters. The first-order valence-corrected chi connectivity index (χ1v) is 8.51. The van der Waals surface area contributed by atoms with Crippen molar-refractivity contribution in [1.29, 1.82) is 0 Å². The highest BCUT2D eigenvalue weighted by Crippen LogP contribution is 2.29. The number of hydrazine groups is 1. The first-order chi connectivity index (χ1) is 10.2. The number of nitrogens with zero attached hydrogens (tertiary/aromatic N) is 1. The highest BCUT2D eigenvalue weighted by atomic mass is 127. The molecule has 0 bridgehead atoms. The average Bonchev–Trinajstić information content (AvgIpc) is 2.50.